The van der Waals surface area contributed by atoms with Gasteiger partial charge in [0.15, 0.2) is 0 Å². The van der Waals surface area contributed by atoms with Gasteiger partial charge in [0.25, 0.3) is 0 Å². The first-order valence-electron chi connectivity index (χ1n) is 6.36. The largest absolute Gasteiger partial charge is 0.371 e. The highest BCUT2D eigenvalue weighted by Crippen LogP contribution is 2.21. The fraction of sp³-hybridized carbons (Fsp3) is 0.267. The summed E-state index contributed by atoms with van der Waals surface area (Å²) in [5.74, 6) is -0.189. The number of rotatable bonds is 5. The van der Waals surface area contributed by atoms with E-state index in [1.165, 1.54) is 24.4 Å². The summed E-state index contributed by atoms with van der Waals surface area (Å²) in [7, 11) is 1.50. The number of hydrogen-bond donors (Lipinski definition) is 0. The van der Waals surface area contributed by atoms with Crippen molar-refractivity contribution in [2.24, 2.45) is 0 Å². The van der Waals surface area contributed by atoms with Gasteiger partial charge in [0, 0.05) is 12.1 Å². The predicted molar refractivity (Wildman–Crippen MR) is 81.7 cm³/mol. The van der Waals surface area contributed by atoms with Crippen molar-refractivity contribution in [2.45, 2.75) is 19.4 Å². The van der Waals surface area contributed by atoms with Crippen LogP contribution in [0.1, 0.15) is 19.4 Å². The van der Waals surface area contributed by atoms with Crippen LogP contribution in [0.5, 0.6) is 0 Å². The maximum absolute atomic E-state index is 12.7. The van der Waals surface area contributed by atoms with Crippen molar-refractivity contribution < 1.29 is 9.53 Å². The first-order chi connectivity index (χ1) is 9.94. The van der Waals surface area contributed by atoms with Gasteiger partial charge in [-0.3, -0.25) is 4.79 Å². The van der Waals surface area contributed by atoms with E-state index >= 15 is 0 Å². The molecule has 1 heterocycles. The molecule has 1 aromatic heterocycles. The van der Waals surface area contributed by atoms with Gasteiger partial charge in [-0.1, -0.05) is 23.7 Å². The lowest BCUT2D eigenvalue weighted by Crippen LogP contribution is -2.35. The van der Waals surface area contributed by atoms with Crippen molar-refractivity contribution >= 4 is 29.2 Å². The average Bonchev–Trinajstić information content (AvgIpc) is 3.00. The summed E-state index contributed by atoms with van der Waals surface area (Å²) >= 11 is 5.87. The molecule has 0 unspecified atom stereocenters. The molecule has 21 heavy (non-hydrogen) atoms. The van der Waals surface area contributed by atoms with Crippen LogP contribution in [0.25, 0.3) is 11.8 Å². The molecule has 0 spiro atoms. The van der Waals surface area contributed by atoms with Crippen molar-refractivity contribution in [3.63, 3.8) is 0 Å². The topological polar surface area (TPSA) is 57.0 Å². The lowest BCUT2D eigenvalue weighted by Gasteiger charge is -2.22. The van der Waals surface area contributed by atoms with E-state index in [-0.39, 0.29) is 5.78 Å². The van der Waals surface area contributed by atoms with Gasteiger partial charge in [0.1, 0.15) is 24.0 Å². The summed E-state index contributed by atoms with van der Waals surface area (Å²) < 4.78 is 6.69. The maximum Gasteiger partial charge on any atom is 0.212 e. The third kappa shape index (κ3) is 3.56. The number of carbonyl (C=O) groups is 1. The molecule has 0 radical (unpaired) electrons. The Kier molecular flexibility index (Phi) is 4.55. The summed E-state index contributed by atoms with van der Waals surface area (Å²) in [5.41, 5.74) is 0.260. The van der Waals surface area contributed by atoms with Crippen LogP contribution < -0.4 is 0 Å². The average molecular weight is 306 g/mol. The van der Waals surface area contributed by atoms with Crippen LogP contribution >= 0.6 is 11.6 Å². The summed E-state index contributed by atoms with van der Waals surface area (Å²) in [6, 6.07) is 7.18. The first-order valence-corrected chi connectivity index (χ1v) is 6.74. The molecule has 0 aliphatic carbocycles. The number of aromatic nitrogens is 3. The predicted octanol–water partition coefficient (Wildman–Crippen LogP) is 2.92. The summed E-state index contributed by atoms with van der Waals surface area (Å²) in [6.45, 7) is 3.42. The van der Waals surface area contributed by atoms with Gasteiger partial charge in [-0.25, -0.2) is 9.67 Å². The maximum atomic E-state index is 12.7. The molecular weight excluding hydrogens is 290 g/mol. The Morgan fingerprint density at radius 1 is 1.33 bits per heavy atom. The highest BCUT2D eigenvalue weighted by atomic mass is 35.5. The molecule has 0 N–H and O–H groups in total. The SMILES string of the molecule is COC(C)(C)C(=O)/C(=C\c1ccc(Cl)cc1)n1cncn1. The number of ether oxygens (including phenoxy) is 1. The van der Waals surface area contributed by atoms with Crippen LogP contribution in [-0.2, 0) is 9.53 Å². The number of methoxy groups -OCH3 is 1. The van der Waals surface area contributed by atoms with Crippen molar-refractivity contribution in [3.05, 3.63) is 47.5 Å². The summed E-state index contributed by atoms with van der Waals surface area (Å²) in [6.07, 6.45) is 4.59. The van der Waals surface area contributed by atoms with Gasteiger partial charge < -0.3 is 4.74 Å². The first kappa shape index (κ1) is 15.4. The van der Waals surface area contributed by atoms with Crippen LogP contribution in [-0.4, -0.2) is 33.3 Å². The molecule has 110 valence electrons. The fourth-order valence-corrected chi connectivity index (χ4v) is 1.81. The molecular formula is C15H16ClN3O2. The summed E-state index contributed by atoms with van der Waals surface area (Å²) in [4.78, 5) is 16.5. The van der Waals surface area contributed by atoms with Crippen LogP contribution in [0, 0.1) is 0 Å². The smallest absolute Gasteiger partial charge is 0.212 e. The molecule has 0 atom stereocenters. The monoisotopic (exact) mass is 305 g/mol. The Morgan fingerprint density at radius 3 is 2.52 bits per heavy atom. The molecule has 6 heteroatoms. The van der Waals surface area contributed by atoms with E-state index in [0.29, 0.717) is 10.7 Å². The van der Waals surface area contributed by atoms with Crippen molar-refractivity contribution in [2.75, 3.05) is 7.11 Å². The van der Waals surface area contributed by atoms with Crippen molar-refractivity contribution in [1.29, 1.82) is 0 Å². The highest BCUT2D eigenvalue weighted by Gasteiger charge is 2.31. The standard InChI is InChI=1S/C15H16ClN3O2/c1-15(2,21-3)14(20)13(19-10-17-9-18-19)8-11-4-6-12(16)7-5-11/h4-10H,1-3H3/b13-8+. The zero-order valence-corrected chi connectivity index (χ0v) is 12.8. The Labute approximate surface area is 128 Å². The lowest BCUT2D eigenvalue weighted by molar-refractivity contribution is -0.131. The van der Waals surface area contributed by atoms with Gasteiger partial charge in [-0.05, 0) is 37.6 Å². The van der Waals surface area contributed by atoms with Crippen LogP contribution in [0.4, 0.5) is 0 Å². The van der Waals surface area contributed by atoms with E-state index in [9.17, 15) is 4.79 Å². The van der Waals surface area contributed by atoms with E-state index in [0.717, 1.165) is 5.56 Å². The third-order valence-electron chi connectivity index (χ3n) is 3.13. The Balaban J connectivity index is 2.47. The molecule has 1 aromatic carbocycles. The normalized spacial score (nSPS) is 12.5. The second-order valence-corrected chi connectivity index (χ2v) is 5.40. The molecule has 0 bridgehead atoms. The fourth-order valence-electron chi connectivity index (χ4n) is 1.69. The third-order valence-corrected chi connectivity index (χ3v) is 3.38. The molecule has 0 fully saturated rings. The van der Waals surface area contributed by atoms with E-state index in [2.05, 4.69) is 10.1 Å². The zero-order valence-electron chi connectivity index (χ0n) is 12.1. The minimum Gasteiger partial charge on any atom is -0.371 e. The molecule has 0 saturated heterocycles. The van der Waals surface area contributed by atoms with E-state index < -0.39 is 5.60 Å². The number of nitrogens with zero attached hydrogens (tertiary/aromatic N) is 3. The minimum absolute atomic E-state index is 0.189. The van der Waals surface area contributed by atoms with Gasteiger partial charge in [0.05, 0.1) is 0 Å². The molecule has 0 aliphatic rings. The molecule has 2 aromatic rings. The number of benzene rings is 1. The second-order valence-electron chi connectivity index (χ2n) is 4.96. The number of Topliss-reactive ketones (excluding diaryl/α,β-unsaturated/α-hetero) is 1. The molecule has 2 rings (SSSR count). The van der Waals surface area contributed by atoms with Crippen molar-refractivity contribution in [1.82, 2.24) is 14.8 Å². The number of ketones is 1. The number of hydrogen-bond acceptors (Lipinski definition) is 4. The van der Waals surface area contributed by atoms with Crippen LogP contribution in [0.15, 0.2) is 36.9 Å². The van der Waals surface area contributed by atoms with Gasteiger partial charge in [0.2, 0.25) is 5.78 Å². The molecule has 0 aliphatic heterocycles. The Hall–Kier alpha value is -1.98. The van der Waals surface area contributed by atoms with Crippen molar-refractivity contribution in [3.8, 4) is 0 Å². The lowest BCUT2D eigenvalue weighted by atomic mass is 9.99. The minimum atomic E-state index is -0.954. The Bertz CT molecular complexity index is 646. The van der Waals surface area contributed by atoms with E-state index in [4.69, 9.17) is 16.3 Å². The van der Waals surface area contributed by atoms with Crippen LogP contribution in [0.3, 0.4) is 0 Å². The quantitative estimate of drug-likeness (QED) is 0.797. The highest BCUT2D eigenvalue weighted by molar-refractivity contribution is 6.30. The zero-order chi connectivity index (χ0) is 15.5. The molecule has 0 amide bonds. The van der Waals surface area contributed by atoms with Crippen LogP contribution in [0.2, 0.25) is 5.02 Å². The molecule has 5 nitrogen and oxygen atoms in total. The van der Waals surface area contributed by atoms with Gasteiger partial charge in [-0.15, -0.1) is 0 Å². The second kappa shape index (κ2) is 6.20. The van der Waals surface area contributed by atoms with E-state index in [1.807, 2.05) is 12.1 Å². The molecule has 0 saturated carbocycles. The Morgan fingerprint density at radius 2 is 2.00 bits per heavy atom. The number of halogens is 1. The summed E-state index contributed by atoms with van der Waals surface area (Å²) in [5, 5.41) is 4.67. The number of carbonyl (C=O) groups excluding carboxylic acids is 1. The van der Waals surface area contributed by atoms with Gasteiger partial charge >= 0.3 is 0 Å². The van der Waals surface area contributed by atoms with Gasteiger partial charge in [-0.2, -0.15) is 5.10 Å². The van der Waals surface area contributed by atoms with E-state index in [1.54, 1.807) is 32.1 Å².